The van der Waals surface area contributed by atoms with Crippen molar-refractivity contribution in [1.29, 1.82) is 0 Å². The van der Waals surface area contributed by atoms with E-state index in [9.17, 15) is 0 Å². The second-order valence-electron chi connectivity index (χ2n) is 9.96. The van der Waals surface area contributed by atoms with Crippen LogP contribution in [0.5, 0.6) is 0 Å². The molecule has 0 radical (unpaired) electrons. The van der Waals surface area contributed by atoms with Gasteiger partial charge in [0.2, 0.25) is 0 Å². The molecule has 3 heterocycles. The van der Waals surface area contributed by atoms with E-state index in [0.717, 1.165) is 49.5 Å². The number of aromatic nitrogens is 4. The quantitative estimate of drug-likeness (QED) is 0.211. The van der Waals surface area contributed by atoms with E-state index < -0.39 is 0 Å². The van der Waals surface area contributed by atoms with Crippen molar-refractivity contribution in [2.75, 3.05) is 36.0 Å². The Morgan fingerprint density at radius 3 is 1.27 bits per heavy atom. The maximum Gasteiger partial charge on any atom is 0.421 e. The molecule has 1 aliphatic heterocycles. The summed E-state index contributed by atoms with van der Waals surface area (Å²) in [6, 6.07) is 12.7. The second kappa shape index (κ2) is 13.1. The molecule has 10 nitrogen and oxygen atoms in total. The standard InChI is InChI=1S/C28H36N10.2ClH/c1-21-19-23(29-31-27-33(3)11-12-34(27)4)7-9-25(21)37-15-17-38(18-16-37)26-10-8-24(20-22(26)2)30-32-28-35(5)13-14-36(28)6;;/h7-14,19-20H,15-18H2,1-6H3;2*1H/q+2;;/p-2. The topological polar surface area (TPSA) is 73.5 Å². The lowest BCUT2D eigenvalue weighted by Crippen LogP contribution is -3.00. The van der Waals surface area contributed by atoms with Gasteiger partial charge in [0.05, 0.1) is 53.0 Å². The van der Waals surface area contributed by atoms with Gasteiger partial charge in [-0.05, 0) is 61.4 Å². The van der Waals surface area contributed by atoms with Gasteiger partial charge in [-0.15, -0.1) is 0 Å². The number of benzene rings is 2. The number of azo groups is 2. The summed E-state index contributed by atoms with van der Waals surface area (Å²) in [6.45, 7) is 8.15. The van der Waals surface area contributed by atoms with Crippen LogP contribution in [0.2, 0.25) is 0 Å². The summed E-state index contributed by atoms with van der Waals surface area (Å²) in [5.41, 5.74) is 6.66. The van der Waals surface area contributed by atoms with Crippen LogP contribution in [0.4, 0.5) is 34.6 Å². The highest BCUT2D eigenvalue weighted by molar-refractivity contribution is 5.62. The molecule has 0 atom stereocenters. The predicted octanol–water partition coefficient (Wildman–Crippen LogP) is -1.21. The van der Waals surface area contributed by atoms with Gasteiger partial charge in [0, 0.05) is 47.8 Å². The Morgan fingerprint density at radius 1 is 0.600 bits per heavy atom. The van der Waals surface area contributed by atoms with E-state index in [-0.39, 0.29) is 24.8 Å². The summed E-state index contributed by atoms with van der Waals surface area (Å²) in [4.78, 5) is 4.92. The largest absolute Gasteiger partial charge is 1.00 e. The van der Waals surface area contributed by atoms with Gasteiger partial charge in [-0.3, -0.25) is 0 Å². The highest BCUT2D eigenvalue weighted by atomic mass is 35.5. The zero-order valence-corrected chi connectivity index (χ0v) is 25.3. The van der Waals surface area contributed by atoms with Crippen LogP contribution in [0.3, 0.4) is 0 Å². The molecule has 40 heavy (non-hydrogen) atoms. The van der Waals surface area contributed by atoms with E-state index >= 15 is 0 Å². The lowest BCUT2D eigenvalue weighted by molar-refractivity contribution is -0.657. The van der Waals surface area contributed by atoms with Crippen LogP contribution in [-0.4, -0.2) is 35.3 Å². The average Bonchev–Trinajstić information content (AvgIpc) is 3.40. The van der Waals surface area contributed by atoms with Crippen molar-refractivity contribution in [2.45, 2.75) is 13.8 Å². The van der Waals surface area contributed by atoms with Crippen LogP contribution < -0.4 is 43.7 Å². The van der Waals surface area contributed by atoms with E-state index in [1.54, 1.807) is 0 Å². The molecule has 1 aliphatic rings. The second-order valence-corrected chi connectivity index (χ2v) is 9.96. The Morgan fingerprint density at radius 2 is 0.975 bits per heavy atom. The first-order valence-electron chi connectivity index (χ1n) is 12.9. The fourth-order valence-electron chi connectivity index (χ4n) is 4.95. The van der Waals surface area contributed by atoms with Gasteiger partial charge in [-0.2, -0.15) is 0 Å². The van der Waals surface area contributed by atoms with Crippen LogP contribution in [-0.2, 0) is 28.2 Å². The molecule has 5 rings (SSSR count). The number of aryl methyl sites for hydroxylation is 6. The maximum absolute atomic E-state index is 4.46. The number of imidazole rings is 2. The first kappa shape index (κ1) is 30.8. The van der Waals surface area contributed by atoms with E-state index in [1.165, 1.54) is 22.5 Å². The summed E-state index contributed by atoms with van der Waals surface area (Å²) in [7, 11) is 7.87. The fraction of sp³-hybridized carbons (Fsp3) is 0.357. The number of nitrogens with zero attached hydrogens (tertiary/aromatic N) is 10. The summed E-state index contributed by atoms with van der Waals surface area (Å²) in [6.07, 6.45) is 7.87. The Balaban J connectivity index is 0.00000220. The molecule has 0 amide bonds. The lowest BCUT2D eigenvalue weighted by Gasteiger charge is -2.38. The van der Waals surface area contributed by atoms with Crippen LogP contribution in [0.15, 0.2) is 81.6 Å². The van der Waals surface area contributed by atoms with Crippen LogP contribution >= 0.6 is 0 Å². The summed E-state index contributed by atoms with van der Waals surface area (Å²) in [5, 5.41) is 17.8. The minimum Gasteiger partial charge on any atom is -1.00 e. The number of halogens is 2. The maximum atomic E-state index is 4.46. The van der Waals surface area contributed by atoms with Gasteiger partial charge >= 0.3 is 11.9 Å². The van der Waals surface area contributed by atoms with Crippen molar-refractivity contribution in [1.82, 2.24) is 9.13 Å². The Kier molecular flexibility index (Phi) is 10.1. The van der Waals surface area contributed by atoms with E-state index in [1.807, 2.05) is 83.4 Å². The molecule has 0 saturated carbocycles. The van der Waals surface area contributed by atoms with Gasteiger partial charge in [0.15, 0.2) is 0 Å². The van der Waals surface area contributed by atoms with Crippen LogP contribution in [0.1, 0.15) is 11.1 Å². The van der Waals surface area contributed by atoms with E-state index in [0.29, 0.717) is 0 Å². The molecule has 0 aliphatic carbocycles. The first-order chi connectivity index (χ1) is 18.3. The van der Waals surface area contributed by atoms with Crippen molar-refractivity contribution < 1.29 is 33.9 Å². The Hall–Kier alpha value is -3.76. The van der Waals surface area contributed by atoms with Crippen molar-refractivity contribution >= 4 is 34.6 Å². The Bertz CT molecular complexity index is 1360. The molecule has 1 saturated heterocycles. The van der Waals surface area contributed by atoms with E-state index in [4.69, 9.17) is 0 Å². The summed E-state index contributed by atoms with van der Waals surface area (Å²) >= 11 is 0. The SMILES string of the molecule is Cc1cc(N=Nc2n(C)cc[n+]2C)ccc1N1CCN(c2ccc(N=Nc3n(C)cc[n+]3C)cc2C)CC1.[Cl-].[Cl-]. The van der Waals surface area contributed by atoms with E-state index in [2.05, 4.69) is 68.4 Å². The molecule has 2 aromatic carbocycles. The normalized spacial score (nSPS) is 13.7. The van der Waals surface area contributed by atoms with Gasteiger partial charge in [0.25, 0.3) is 0 Å². The molecule has 0 bridgehead atoms. The number of hydrogen-bond acceptors (Lipinski definition) is 6. The third kappa shape index (κ3) is 6.51. The number of rotatable bonds is 6. The smallest absolute Gasteiger partial charge is 0.421 e. The zero-order valence-electron chi connectivity index (χ0n) is 23.8. The molecule has 0 unspecified atom stereocenters. The molecule has 12 heteroatoms. The van der Waals surface area contributed by atoms with Crippen molar-refractivity contribution in [3.8, 4) is 0 Å². The van der Waals surface area contributed by atoms with Gasteiger partial charge in [-0.1, -0.05) is 10.2 Å². The zero-order chi connectivity index (χ0) is 26.8. The molecule has 1 fully saturated rings. The molecule has 0 spiro atoms. The van der Waals surface area contributed by atoms with Crippen LogP contribution in [0.25, 0.3) is 0 Å². The van der Waals surface area contributed by atoms with Gasteiger partial charge in [-0.25, -0.2) is 18.3 Å². The fourth-order valence-corrected chi connectivity index (χ4v) is 4.95. The van der Waals surface area contributed by atoms with Crippen molar-refractivity contribution in [3.63, 3.8) is 0 Å². The molecule has 2 aromatic heterocycles. The first-order valence-corrected chi connectivity index (χ1v) is 12.9. The third-order valence-electron chi connectivity index (χ3n) is 7.12. The van der Waals surface area contributed by atoms with Crippen LogP contribution in [0, 0.1) is 13.8 Å². The summed E-state index contributed by atoms with van der Waals surface area (Å²) < 4.78 is 7.81. The number of anilines is 2. The summed E-state index contributed by atoms with van der Waals surface area (Å²) in [5.74, 6) is 1.61. The van der Waals surface area contributed by atoms with Crippen molar-refractivity contribution in [2.24, 2.45) is 48.6 Å². The highest BCUT2D eigenvalue weighted by Crippen LogP contribution is 2.30. The molecular formula is C28H36Cl2N10. The highest BCUT2D eigenvalue weighted by Gasteiger charge is 2.20. The minimum absolute atomic E-state index is 0. The molecule has 0 N–H and O–H groups in total. The number of hydrogen-bond donors (Lipinski definition) is 0. The Labute approximate surface area is 248 Å². The predicted molar refractivity (Wildman–Crippen MR) is 148 cm³/mol. The lowest BCUT2D eigenvalue weighted by atomic mass is 10.1. The monoisotopic (exact) mass is 582 g/mol. The molecular weight excluding hydrogens is 547 g/mol. The molecule has 212 valence electrons. The van der Waals surface area contributed by atoms with Gasteiger partial charge < -0.3 is 34.6 Å². The average molecular weight is 584 g/mol. The number of piperazine rings is 1. The third-order valence-corrected chi connectivity index (χ3v) is 7.12. The van der Waals surface area contributed by atoms with Gasteiger partial charge in [0.1, 0.15) is 11.4 Å². The van der Waals surface area contributed by atoms with Crippen molar-refractivity contribution in [3.05, 3.63) is 72.3 Å². The molecule has 4 aromatic rings. The minimum atomic E-state index is 0.